The Morgan fingerprint density at radius 3 is 2.47 bits per heavy atom. The van der Waals surface area contributed by atoms with Crippen molar-refractivity contribution in [2.45, 2.75) is 13.3 Å². The van der Waals surface area contributed by atoms with Crippen LogP contribution in [0.1, 0.15) is 11.1 Å². The fraction of sp³-hybridized carbons (Fsp3) is 0.200. The van der Waals surface area contributed by atoms with Gasteiger partial charge in [-0.15, -0.1) is 0 Å². The Morgan fingerprint density at radius 2 is 1.79 bits per heavy atom. The lowest BCUT2D eigenvalue weighted by Gasteiger charge is -2.12. The molecule has 19 heavy (non-hydrogen) atoms. The Labute approximate surface area is 110 Å². The molecule has 0 atom stereocenters. The molecular weight excluding hydrogens is 248 g/mol. The fourth-order valence-corrected chi connectivity index (χ4v) is 1.84. The van der Waals surface area contributed by atoms with Crippen molar-refractivity contribution in [3.8, 4) is 11.5 Å². The fourth-order valence-electron chi connectivity index (χ4n) is 1.84. The van der Waals surface area contributed by atoms with Crippen molar-refractivity contribution in [3.05, 3.63) is 59.2 Å². The highest BCUT2D eigenvalue weighted by molar-refractivity contribution is 5.40. The highest BCUT2D eigenvalue weighted by Crippen LogP contribution is 2.28. The summed E-state index contributed by atoms with van der Waals surface area (Å²) in [6.07, 6.45) is 0.639. The average molecular weight is 263 g/mol. The van der Waals surface area contributed by atoms with E-state index in [4.69, 9.17) is 10.5 Å². The standard InChI is InChI=1S/C15H15F2NO/c1-10-2-4-14(11(8-10)6-7-18)19-15-5-3-12(16)9-13(15)17/h2-5,8-9H,6-7,18H2,1H3. The predicted octanol–water partition coefficient (Wildman–Crippen LogP) is 3.57. The zero-order valence-corrected chi connectivity index (χ0v) is 10.6. The average Bonchev–Trinajstić information content (AvgIpc) is 2.36. The third-order valence-corrected chi connectivity index (χ3v) is 2.74. The lowest BCUT2D eigenvalue weighted by molar-refractivity contribution is 0.433. The van der Waals surface area contributed by atoms with E-state index < -0.39 is 11.6 Å². The zero-order chi connectivity index (χ0) is 13.8. The van der Waals surface area contributed by atoms with Crippen LogP contribution < -0.4 is 10.5 Å². The van der Waals surface area contributed by atoms with Crippen LogP contribution in [0.3, 0.4) is 0 Å². The monoisotopic (exact) mass is 263 g/mol. The number of benzene rings is 2. The quantitative estimate of drug-likeness (QED) is 0.915. The van der Waals surface area contributed by atoms with Crippen molar-refractivity contribution in [3.63, 3.8) is 0 Å². The van der Waals surface area contributed by atoms with Gasteiger partial charge in [0.05, 0.1) is 0 Å². The second-order valence-corrected chi connectivity index (χ2v) is 4.33. The van der Waals surface area contributed by atoms with E-state index in [1.807, 2.05) is 19.1 Å². The van der Waals surface area contributed by atoms with Crippen molar-refractivity contribution in [1.82, 2.24) is 0 Å². The highest BCUT2D eigenvalue weighted by Gasteiger charge is 2.09. The molecule has 0 radical (unpaired) electrons. The number of rotatable bonds is 4. The normalized spacial score (nSPS) is 10.5. The van der Waals surface area contributed by atoms with Gasteiger partial charge in [0.2, 0.25) is 0 Å². The molecule has 0 fully saturated rings. The van der Waals surface area contributed by atoms with Gasteiger partial charge in [0.15, 0.2) is 11.6 Å². The van der Waals surface area contributed by atoms with Crippen LogP contribution in [0.25, 0.3) is 0 Å². The van der Waals surface area contributed by atoms with Crippen molar-refractivity contribution >= 4 is 0 Å². The summed E-state index contributed by atoms with van der Waals surface area (Å²) in [6.45, 7) is 2.44. The summed E-state index contributed by atoms with van der Waals surface area (Å²) < 4.78 is 31.9. The molecule has 100 valence electrons. The maximum atomic E-state index is 13.5. The number of nitrogens with two attached hydrogens (primary N) is 1. The first-order valence-corrected chi connectivity index (χ1v) is 6.02. The van der Waals surface area contributed by atoms with Crippen LogP contribution in [0.2, 0.25) is 0 Å². The second kappa shape index (κ2) is 5.80. The number of aryl methyl sites for hydroxylation is 1. The summed E-state index contributed by atoms with van der Waals surface area (Å²) in [5.74, 6) is -0.805. The Kier molecular flexibility index (Phi) is 4.12. The first-order valence-electron chi connectivity index (χ1n) is 6.02. The molecule has 0 saturated carbocycles. The summed E-state index contributed by atoms with van der Waals surface area (Å²) in [4.78, 5) is 0. The molecule has 0 unspecified atom stereocenters. The molecule has 0 heterocycles. The van der Waals surface area contributed by atoms with Gasteiger partial charge in [-0.1, -0.05) is 17.7 Å². The molecule has 0 saturated heterocycles. The van der Waals surface area contributed by atoms with Crippen LogP contribution in [0.5, 0.6) is 11.5 Å². The SMILES string of the molecule is Cc1ccc(Oc2ccc(F)cc2F)c(CCN)c1. The third kappa shape index (κ3) is 3.29. The third-order valence-electron chi connectivity index (χ3n) is 2.74. The largest absolute Gasteiger partial charge is 0.454 e. The van der Waals surface area contributed by atoms with Crippen molar-refractivity contribution in [1.29, 1.82) is 0 Å². The van der Waals surface area contributed by atoms with E-state index in [2.05, 4.69) is 0 Å². The van der Waals surface area contributed by atoms with Crippen molar-refractivity contribution in [2.75, 3.05) is 6.54 Å². The van der Waals surface area contributed by atoms with E-state index in [-0.39, 0.29) is 5.75 Å². The smallest absolute Gasteiger partial charge is 0.168 e. The molecule has 0 aliphatic rings. The number of hydrogen-bond acceptors (Lipinski definition) is 2. The highest BCUT2D eigenvalue weighted by atomic mass is 19.1. The molecule has 0 spiro atoms. The van der Waals surface area contributed by atoms with Crippen LogP contribution in [-0.4, -0.2) is 6.54 Å². The number of halogens is 2. The molecular formula is C15H15F2NO. The van der Waals surface area contributed by atoms with Gasteiger partial charge in [-0.3, -0.25) is 0 Å². The maximum absolute atomic E-state index is 13.5. The van der Waals surface area contributed by atoms with Crippen LogP contribution in [0.15, 0.2) is 36.4 Å². The summed E-state index contributed by atoms with van der Waals surface area (Å²) in [5, 5.41) is 0. The Bertz CT molecular complexity index is 584. The minimum absolute atomic E-state index is 0.00326. The number of hydrogen-bond donors (Lipinski definition) is 1. The second-order valence-electron chi connectivity index (χ2n) is 4.33. The molecule has 2 N–H and O–H groups in total. The molecule has 4 heteroatoms. The summed E-state index contributed by atoms with van der Waals surface area (Å²) >= 11 is 0. The van der Waals surface area contributed by atoms with Gasteiger partial charge >= 0.3 is 0 Å². The lowest BCUT2D eigenvalue weighted by atomic mass is 10.1. The van der Waals surface area contributed by atoms with Crippen molar-refractivity contribution < 1.29 is 13.5 Å². The summed E-state index contributed by atoms with van der Waals surface area (Å²) in [7, 11) is 0. The molecule has 0 aliphatic carbocycles. The molecule has 2 aromatic rings. The van der Waals surface area contributed by atoms with Crippen LogP contribution in [0, 0.1) is 18.6 Å². The summed E-state index contributed by atoms with van der Waals surface area (Å²) in [5.41, 5.74) is 7.53. The van der Waals surface area contributed by atoms with Crippen LogP contribution >= 0.6 is 0 Å². The topological polar surface area (TPSA) is 35.2 Å². The van der Waals surface area contributed by atoms with Gasteiger partial charge in [-0.2, -0.15) is 0 Å². The lowest BCUT2D eigenvalue weighted by Crippen LogP contribution is -2.04. The van der Waals surface area contributed by atoms with Crippen molar-refractivity contribution in [2.24, 2.45) is 5.73 Å². The summed E-state index contributed by atoms with van der Waals surface area (Å²) in [6, 6.07) is 8.82. The van der Waals surface area contributed by atoms with Crippen LogP contribution in [-0.2, 0) is 6.42 Å². The molecule has 2 aromatic carbocycles. The van der Waals surface area contributed by atoms with E-state index in [0.717, 1.165) is 23.3 Å². The van der Waals surface area contributed by atoms with Gasteiger partial charge in [0, 0.05) is 6.07 Å². The molecule has 0 aliphatic heterocycles. The molecule has 2 rings (SSSR count). The number of ether oxygens (including phenoxy) is 1. The first kappa shape index (κ1) is 13.5. The van der Waals surface area contributed by atoms with Gasteiger partial charge in [0.25, 0.3) is 0 Å². The Balaban J connectivity index is 2.32. The Hall–Kier alpha value is -1.94. The van der Waals surface area contributed by atoms with Gasteiger partial charge in [-0.05, 0) is 43.7 Å². The molecule has 0 aromatic heterocycles. The molecule has 2 nitrogen and oxygen atoms in total. The van der Waals surface area contributed by atoms with E-state index in [1.54, 1.807) is 6.07 Å². The van der Waals surface area contributed by atoms with E-state index in [9.17, 15) is 8.78 Å². The van der Waals surface area contributed by atoms with Gasteiger partial charge in [0.1, 0.15) is 11.6 Å². The minimum atomic E-state index is -0.723. The minimum Gasteiger partial charge on any atom is -0.454 e. The van der Waals surface area contributed by atoms with Crippen LogP contribution in [0.4, 0.5) is 8.78 Å². The predicted molar refractivity (Wildman–Crippen MR) is 70.4 cm³/mol. The van der Waals surface area contributed by atoms with Gasteiger partial charge < -0.3 is 10.5 Å². The van der Waals surface area contributed by atoms with E-state index in [0.29, 0.717) is 18.7 Å². The maximum Gasteiger partial charge on any atom is 0.168 e. The first-order chi connectivity index (χ1) is 9.10. The van der Waals surface area contributed by atoms with E-state index in [1.165, 1.54) is 6.07 Å². The molecule has 0 amide bonds. The Morgan fingerprint density at radius 1 is 1.05 bits per heavy atom. The zero-order valence-electron chi connectivity index (χ0n) is 10.6. The van der Waals surface area contributed by atoms with E-state index >= 15 is 0 Å². The molecule has 0 bridgehead atoms. The van der Waals surface area contributed by atoms with Gasteiger partial charge in [-0.25, -0.2) is 8.78 Å².